The lowest BCUT2D eigenvalue weighted by atomic mass is 9.95. The van der Waals surface area contributed by atoms with Gasteiger partial charge in [-0.15, -0.1) is 0 Å². The van der Waals surface area contributed by atoms with Crippen molar-refractivity contribution in [1.29, 1.82) is 0 Å². The predicted molar refractivity (Wildman–Crippen MR) is 131 cm³/mol. The number of nitrogens with one attached hydrogen (secondary N) is 1. The molecule has 2 aromatic rings. The number of hydrogen-bond acceptors (Lipinski definition) is 6. The average molecular weight is 460 g/mol. The number of rotatable bonds is 10. The van der Waals surface area contributed by atoms with Gasteiger partial charge >= 0.3 is 0 Å². The standard InChI is InChI=1S/C24H33NO3.CH2O2.CH2O/c1-19-7-6-8-20(17-19)13-14-27-24-18-22(25-21-9-4-3-5-10-21)11-12-23(24)28-16-15-26-2;2-1-3;1-2/h6-8,11-12,17-18,21,25H,3-5,9-10,13-16H2,1-2H3;1H,(H,2,3);1H2. The molecule has 0 bridgehead atoms. The zero-order chi connectivity index (χ0) is 24.3. The molecule has 1 aliphatic carbocycles. The summed E-state index contributed by atoms with van der Waals surface area (Å²) in [6, 6.07) is 15.3. The summed E-state index contributed by atoms with van der Waals surface area (Å²) in [5, 5.41) is 10.6. The molecule has 0 spiro atoms. The molecule has 7 nitrogen and oxygen atoms in total. The maximum absolute atomic E-state index is 8.36. The Balaban J connectivity index is 0.00000101. The van der Waals surface area contributed by atoms with Crippen molar-refractivity contribution in [1.82, 2.24) is 0 Å². The third kappa shape index (κ3) is 11.4. The van der Waals surface area contributed by atoms with Gasteiger partial charge in [-0.3, -0.25) is 4.79 Å². The topological polar surface area (TPSA) is 94.1 Å². The Hall–Kier alpha value is -3.06. The summed E-state index contributed by atoms with van der Waals surface area (Å²) in [5.41, 5.74) is 3.68. The fourth-order valence-corrected chi connectivity index (χ4v) is 3.69. The van der Waals surface area contributed by atoms with E-state index < -0.39 is 0 Å². The second kappa shape index (κ2) is 17.5. The molecule has 182 valence electrons. The minimum absolute atomic E-state index is 0.250. The molecule has 0 amide bonds. The molecule has 3 rings (SSSR count). The van der Waals surface area contributed by atoms with Crippen molar-refractivity contribution >= 4 is 18.9 Å². The summed E-state index contributed by atoms with van der Waals surface area (Å²) in [6.07, 6.45) is 7.36. The molecule has 33 heavy (non-hydrogen) atoms. The number of aryl methyl sites for hydroxylation is 1. The highest BCUT2D eigenvalue weighted by Gasteiger charge is 2.14. The van der Waals surface area contributed by atoms with Gasteiger partial charge in [0, 0.05) is 31.3 Å². The van der Waals surface area contributed by atoms with Gasteiger partial charge in [0.1, 0.15) is 13.4 Å². The Morgan fingerprint density at radius 1 is 1.00 bits per heavy atom. The normalized spacial score (nSPS) is 12.9. The van der Waals surface area contributed by atoms with Gasteiger partial charge in [0.15, 0.2) is 11.5 Å². The smallest absolute Gasteiger partial charge is 0.290 e. The summed E-state index contributed by atoms with van der Waals surface area (Å²) < 4.78 is 17.1. The lowest BCUT2D eigenvalue weighted by Crippen LogP contribution is -2.22. The molecule has 7 heteroatoms. The molecule has 0 saturated heterocycles. The van der Waals surface area contributed by atoms with Gasteiger partial charge in [-0.05, 0) is 37.5 Å². The third-order valence-electron chi connectivity index (χ3n) is 5.20. The quantitative estimate of drug-likeness (QED) is 0.385. The first kappa shape index (κ1) is 28.0. The molecule has 0 heterocycles. The van der Waals surface area contributed by atoms with E-state index in [9.17, 15) is 0 Å². The van der Waals surface area contributed by atoms with Crippen molar-refractivity contribution in [2.45, 2.75) is 51.5 Å². The van der Waals surface area contributed by atoms with Crippen LogP contribution in [0.1, 0.15) is 43.2 Å². The zero-order valence-corrected chi connectivity index (χ0v) is 19.8. The molecule has 1 fully saturated rings. The van der Waals surface area contributed by atoms with Crippen LogP contribution >= 0.6 is 0 Å². The second-order valence-electron chi connectivity index (χ2n) is 7.67. The maximum Gasteiger partial charge on any atom is 0.290 e. The highest BCUT2D eigenvalue weighted by atomic mass is 16.5. The van der Waals surface area contributed by atoms with Crippen LogP contribution in [-0.2, 0) is 20.7 Å². The fourth-order valence-electron chi connectivity index (χ4n) is 3.69. The molecular formula is C26H37NO6. The molecule has 1 aliphatic rings. The van der Waals surface area contributed by atoms with Crippen LogP contribution in [0.25, 0.3) is 0 Å². The van der Waals surface area contributed by atoms with Crippen LogP contribution < -0.4 is 14.8 Å². The van der Waals surface area contributed by atoms with Crippen LogP contribution in [0.2, 0.25) is 0 Å². The van der Waals surface area contributed by atoms with Gasteiger partial charge in [0.05, 0.1) is 13.2 Å². The van der Waals surface area contributed by atoms with Crippen LogP contribution in [0.5, 0.6) is 11.5 Å². The molecular weight excluding hydrogens is 422 g/mol. The molecule has 0 radical (unpaired) electrons. The van der Waals surface area contributed by atoms with E-state index in [0.717, 1.165) is 23.6 Å². The van der Waals surface area contributed by atoms with E-state index in [1.807, 2.05) is 12.9 Å². The monoisotopic (exact) mass is 459 g/mol. The zero-order valence-electron chi connectivity index (χ0n) is 19.8. The van der Waals surface area contributed by atoms with E-state index in [-0.39, 0.29) is 6.47 Å². The van der Waals surface area contributed by atoms with Gasteiger partial charge in [0.25, 0.3) is 6.47 Å². The van der Waals surface area contributed by atoms with Crippen molar-refractivity contribution in [2.75, 3.05) is 32.2 Å². The summed E-state index contributed by atoms with van der Waals surface area (Å²) in [5.74, 6) is 1.57. The highest BCUT2D eigenvalue weighted by molar-refractivity contribution is 5.55. The van der Waals surface area contributed by atoms with Crippen molar-refractivity contribution in [3.63, 3.8) is 0 Å². The number of benzene rings is 2. The van der Waals surface area contributed by atoms with E-state index in [1.54, 1.807) is 7.11 Å². The Labute approximate surface area is 197 Å². The minimum Gasteiger partial charge on any atom is -0.489 e. The Bertz CT molecular complexity index is 792. The third-order valence-corrected chi connectivity index (χ3v) is 5.20. The van der Waals surface area contributed by atoms with Crippen LogP contribution in [0.4, 0.5) is 5.69 Å². The second-order valence-corrected chi connectivity index (χ2v) is 7.67. The van der Waals surface area contributed by atoms with E-state index >= 15 is 0 Å². The lowest BCUT2D eigenvalue weighted by molar-refractivity contribution is -0.122. The molecule has 0 unspecified atom stereocenters. The van der Waals surface area contributed by atoms with Gasteiger partial charge in [-0.1, -0.05) is 49.1 Å². The summed E-state index contributed by atoms with van der Waals surface area (Å²) in [7, 11) is 1.68. The van der Waals surface area contributed by atoms with Crippen molar-refractivity contribution in [3.05, 3.63) is 53.6 Å². The molecule has 2 aromatic carbocycles. The van der Waals surface area contributed by atoms with E-state index in [1.165, 1.54) is 43.2 Å². The first-order valence-corrected chi connectivity index (χ1v) is 11.2. The number of hydrogen-bond donors (Lipinski definition) is 2. The number of anilines is 1. The van der Waals surface area contributed by atoms with Crippen LogP contribution in [0.15, 0.2) is 42.5 Å². The minimum atomic E-state index is -0.250. The molecule has 0 aliphatic heterocycles. The number of carbonyl (C=O) groups excluding carboxylic acids is 1. The number of methoxy groups -OCH3 is 1. The molecule has 0 atom stereocenters. The average Bonchev–Trinajstić information content (AvgIpc) is 2.83. The molecule has 2 N–H and O–H groups in total. The Morgan fingerprint density at radius 3 is 2.36 bits per heavy atom. The molecule has 0 aromatic heterocycles. The number of carboxylic acid groups (broad SMARTS) is 1. The van der Waals surface area contributed by atoms with Crippen LogP contribution in [0, 0.1) is 6.92 Å². The van der Waals surface area contributed by atoms with E-state index in [2.05, 4.69) is 48.6 Å². The van der Waals surface area contributed by atoms with E-state index in [0.29, 0.717) is 25.9 Å². The SMILES string of the molecule is C=O.COCCOc1ccc(NC2CCCCC2)cc1OCCc1cccc(C)c1.O=CO. The first-order chi connectivity index (χ1) is 16.2. The predicted octanol–water partition coefficient (Wildman–Crippen LogP) is 4.90. The fraction of sp³-hybridized carbons (Fsp3) is 0.462. The maximum atomic E-state index is 8.36. The van der Waals surface area contributed by atoms with Gasteiger partial charge in [0.2, 0.25) is 0 Å². The van der Waals surface area contributed by atoms with Gasteiger partial charge in [-0.2, -0.15) is 0 Å². The number of carbonyl (C=O) groups is 2. The van der Waals surface area contributed by atoms with Crippen molar-refractivity contribution < 1.29 is 28.9 Å². The summed E-state index contributed by atoms with van der Waals surface area (Å²) >= 11 is 0. The van der Waals surface area contributed by atoms with Gasteiger partial charge < -0.3 is 29.4 Å². The van der Waals surface area contributed by atoms with Crippen molar-refractivity contribution in [2.24, 2.45) is 0 Å². The lowest BCUT2D eigenvalue weighted by Gasteiger charge is -2.24. The largest absolute Gasteiger partial charge is 0.489 e. The van der Waals surface area contributed by atoms with E-state index in [4.69, 9.17) is 28.9 Å². The van der Waals surface area contributed by atoms with Crippen LogP contribution in [0.3, 0.4) is 0 Å². The van der Waals surface area contributed by atoms with Crippen LogP contribution in [-0.4, -0.2) is 51.3 Å². The molecule has 1 saturated carbocycles. The summed E-state index contributed by atoms with van der Waals surface area (Å²) in [6.45, 7) is 5.56. The summed E-state index contributed by atoms with van der Waals surface area (Å²) in [4.78, 5) is 16.4. The van der Waals surface area contributed by atoms with Crippen molar-refractivity contribution in [3.8, 4) is 11.5 Å². The Kier molecular flexibility index (Phi) is 14.8. The number of ether oxygens (including phenoxy) is 3. The Morgan fingerprint density at radius 2 is 1.70 bits per heavy atom. The first-order valence-electron chi connectivity index (χ1n) is 11.2. The van der Waals surface area contributed by atoms with Gasteiger partial charge in [-0.25, -0.2) is 0 Å². The highest BCUT2D eigenvalue weighted by Crippen LogP contribution is 2.32.